The van der Waals surface area contributed by atoms with Crippen LogP contribution in [0.4, 0.5) is 10.1 Å². The molecule has 0 aliphatic heterocycles. The average Bonchev–Trinajstić information content (AvgIpc) is 2.36. The second-order valence-electron chi connectivity index (χ2n) is 5.61. The quantitative estimate of drug-likeness (QED) is 0.842. The molecule has 0 heterocycles. The predicted molar refractivity (Wildman–Crippen MR) is 83.8 cm³/mol. The Morgan fingerprint density at radius 2 is 1.65 bits per heavy atom. The first-order valence-electron chi connectivity index (χ1n) is 7.05. The van der Waals surface area contributed by atoms with Crippen LogP contribution in [-0.2, 0) is 6.42 Å². The van der Waals surface area contributed by atoms with E-state index in [2.05, 4.69) is 45.1 Å². The van der Waals surface area contributed by atoms with Crippen molar-refractivity contribution in [3.05, 3.63) is 64.5 Å². The van der Waals surface area contributed by atoms with Gasteiger partial charge in [-0.3, -0.25) is 0 Å². The Labute approximate surface area is 120 Å². The van der Waals surface area contributed by atoms with Crippen LogP contribution in [0, 0.1) is 26.6 Å². The molecule has 0 fully saturated rings. The third-order valence-electron chi connectivity index (χ3n) is 3.55. The van der Waals surface area contributed by atoms with E-state index < -0.39 is 0 Å². The van der Waals surface area contributed by atoms with E-state index in [4.69, 9.17) is 0 Å². The standard InChI is InChI=1S/C18H22FN/c1-12-9-13(2)18(14(3)10-12)20-15(4)11-16-7-5-6-8-17(16)19/h5-10,15,20H,11H2,1-4H3. The van der Waals surface area contributed by atoms with Crippen molar-refractivity contribution in [3.63, 3.8) is 0 Å². The molecule has 0 aromatic heterocycles. The molecule has 1 N–H and O–H groups in total. The van der Waals surface area contributed by atoms with E-state index in [1.165, 1.54) is 28.4 Å². The lowest BCUT2D eigenvalue weighted by Crippen LogP contribution is -2.20. The predicted octanol–water partition coefficient (Wildman–Crippen LogP) is 4.79. The lowest BCUT2D eigenvalue weighted by molar-refractivity contribution is 0.601. The van der Waals surface area contributed by atoms with Gasteiger partial charge in [-0.25, -0.2) is 4.39 Å². The van der Waals surface area contributed by atoms with E-state index in [0.717, 1.165) is 5.56 Å². The Balaban J connectivity index is 2.13. The van der Waals surface area contributed by atoms with Crippen molar-refractivity contribution < 1.29 is 4.39 Å². The van der Waals surface area contributed by atoms with Gasteiger partial charge >= 0.3 is 0 Å². The molecule has 106 valence electrons. The number of anilines is 1. The maximum atomic E-state index is 13.7. The summed E-state index contributed by atoms with van der Waals surface area (Å²) in [5.74, 6) is -0.126. The molecule has 2 aromatic rings. The summed E-state index contributed by atoms with van der Waals surface area (Å²) in [6.45, 7) is 8.41. The Morgan fingerprint density at radius 1 is 1.05 bits per heavy atom. The number of rotatable bonds is 4. The van der Waals surface area contributed by atoms with Crippen LogP contribution in [0.1, 0.15) is 29.2 Å². The Kier molecular flexibility index (Phi) is 4.43. The van der Waals surface area contributed by atoms with Gasteiger partial charge in [-0.05, 0) is 56.9 Å². The summed E-state index contributed by atoms with van der Waals surface area (Å²) in [5.41, 5.74) is 5.67. The second-order valence-corrected chi connectivity index (χ2v) is 5.61. The minimum Gasteiger partial charge on any atom is -0.382 e. The van der Waals surface area contributed by atoms with Gasteiger partial charge in [-0.2, -0.15) is 0 Å². The topological polar surface area (TPSA) is 12.0 Å². The number of hydrogen-bond donors (Lipinski definition) is 1. The summed E-state index contributed by atoms with van der Waals surface area (Å²) in [7, 11) is 0. The zero-order valence-electron chi connectivity index (χ0n) is 12.6. The second kappa shape index (κ2) is 6.08. The van der Waals surface area contributed by atoms with Crippen LogP contribution in [0.2, 0.25) is 0 Å². The molecule has 0 amide bonds. The largest absolute Gasteiger partial charge is 0.382 e. The van der Waals surface area contributed by atoms with Crippen molar-refractivity contribution in [2.45, 2.75) is 40.2 Å². The smallest absolute Gasteiger partial charge is 0.126 e. The van der Waals surface area contributed by atoms with Crippen LogP contribution in [0.15, 0.2) is 36.4 Å². The van der Waals surface area contributed by atoms with E-state index >= 15 is 0 Å². The number of aryl methyl sites for hydroxylation is 3. The fourth-order valence-corrected chi connectivity index (χ4v) is 2.70. The fraction of sp³-hybridized carbons (Fsp3) is 0.333. The van der Waals surface area contributed by atoms with E-state index in [-0.39, 0.29) is 11.9 Å². The molecule has 1 nitrogen and oxygen atoms in total. The van der Waals surface area contributed by atoms with Crippen LogP contribution in [0.5, 0.6) is 0 Å². The van der Waals surface area contributed by atoms with Crippen molar-refractivity contribution >= 4 is 5.69 Å². The molecule has 0 saturated heterocycles. The van der Waals surface area contributed by atoms with E-state index in [1.807, 2.05) is 12.1 Å². The van der Waals surface area contributed by atoms with Crippen LogP contribution in [-0.4, -0.2) is 6.04 Å². The van der Waals surface area contributed by atoms with Gasteiger partial charge in [0.1, 0.15) is 5.82 Å². The van der Waals surface area contributed by atoms with Crippen molar-refractivity contribution in [1.82, 2.24) is 0 Å². The maximum Gasteiger partial charge on any atom is 0.126 e. The van der Waals surface area contributed by atoms with Crippen molar-refractivity contribution in [3.8, 4) is 0 Å². The number of benzene rings is 2. The first kappa shape index (κ1) is 14.6. The summed E-state index contributed by atoms with van der Waals surface area (Å²) in [6.07, 6.45) is 0.680. The highest BCUT2D eigenvalue weighted by atomic mass is 19.1. The van der Waals surface area contributed by atoms with Gasteiger partial charge in [0.15, 0.2) is 0 Å². The minimum absolute atomic E-state index is 0.126. The van der Waals surface area contributed by atoms with Crippen molar-refractivity contribution in [2.75, 3.05) is 5.32 Å². The van der Waals surface area contributed by atoms with Gasteiger partial charge < -0.3 is 5.32 Å². The van der Waals surface area contributed by atoms with E-state index in [9.17, 15) is 4.39 Å². The third-order valence-corrected chi connectivity index (χ3v) is 3.55. The highest BCUT2D eigenvalue weighted by Crippen LogP contribution is 2.23. The first-order chi connectivity index (χ1) is 9.47. The van der Waals surface area contributed by atoms with Gasteiger partial charge in [0, 0.05) is 11.7 Å². The molecule has 1 atom stereocenters. The lowest BCUT2D eigenvalue weighted by Gasteiger charge is -2.20. The zero-order chi connectivity index (χ0) is 14.7. The highest BCUT2D eigenvalue weighted by Gasteiger charge is 2.10. The molecule has 2 heteroatoms. The normalized spacial score (nSPS) is 12.2. The van der Waals surface area contributed by atoms with Gasteiger partial charge in [-0.1, -0.05) is 35.9 Å². The number of hydrogen-bond acceptors (Lipinski definition) is 1. The van der Waals surface area contributed by atoms with E-state index in [0.29, 0.717) is 6.42 Å². The zero-order valence-corrected chi connectivity index (χ0v) is 12.6. The molecule has 0 bridgehead atoms. The van der Waals surface area contributed by atoms with Crippen LogP contribution >= 0.6 is 0 Å². The lowest BCUT2D eigenvalue weighted by atomic mass is 10.0. The summed E-state index contributed by atoms with van der Waals surface area (Å²) in [4.78, 5) is 0. The van der Waals surface area contributed by atoms with Crippen LogP contribution in [0.3, 0.4) is 0 Å². The Hall–Kier alpha value is -1.83. The third kappa shape index (κ3) is 3.38. The van der Waals surface area contributed by atoms with Gasteiger partial charge in [0.2, 0.25) is 0 Å². The minimum atomic E-state index is -0.126. The molecule has 20 heavy (non-hydrogen) atoms. The summed E-state index contributed by atoms with van der Waals surface area (Å²) in [6, 6.07) is 11.5. The van der Waals surface area contributed by atoms with E-state index in [1.54, 1.807) is 6.07 Å². The molecule has 0 aliphatic rings. The summed E-state index contributed by atoms with van der Waals surface area (Å²) >= 11 is 0. The molecular weight excluding hydrogens is 249 g/mol. The van der Waals surface area contributed by atoms with Crippen molar-refractivity contribution in [1.29, 1.82) is 0 Å². The monoisotopic (exact) mass is 271 g/mol. The first-order valence-corrected chi connectivity index (χ1v) is 7.05. The van der Waals surface area contributed by atoms with Crippen molar-refractivity contribution in [2.24, 2.45) is 0 Å². The molecule has 2 aromatic carbocycles. The molecule has 0 aliphatic carbocycles. The number of nitrogens with one attached hydrogen (secondary N) is 1. The van der Waals surface area contributed by atoms with Gasteiger partial charge in [0.25, 0.3) is 0 Å². The SMILES string of the molecule is Cc1cc(C)c(NC(C)Cc2ccccc2F)c(C)c1. The highest BCUT2D eigenvalue weighted by molar-refractivity contribution is 5.58. The fourth-order valence-electron chi connectivity index (χ4n) is 2.70. The van der Waals surface area contributed by atoms with Crippen LogP contribution in [0.25, 0.3) is 0 Å². The number of halogens is 1. The molecule has 1 unspecified atom stereocenters. The van der Waals surface area contributed by atoms with Gasteiger partial charge in [-0.15, -0.1) is 0 Å². The van der Waals surface area contributed by atoms with Crippen LogP contribution < -0.4 is 5.32 Å². The molecule has 0 spiro atoms. The Morgan fingerprint density at radius 3 is 2.25 bits per heavy atom. The molecule has 0 saturated carbocycles. The average molecular weight is 271 g/mol. The molecular formula is C18H22FN. The Bertz CT molecular complexity index is 581. The summed E-state index contributed by atoms with van der Waals surface area (Å²) < 4.78 is 13.7. The summed E-state index contributed by atoms with van der Waals surface area (Å²) in [5, 5.41) is 3.51. The maximum absolute atomic E-state index is 13.7. The molecule has 0 radical (unpaired) electrons. The van der Waals surface area contributed by atoms with Gasteiger partial charge in [0.05, 0.1) is 0 Å². The molecule has 2 rings (SSSR count).